The number of rotatable bonds is 4. The smallest absolute Gasteiger partial charge is 0.159 e. The second-order valence-corrected chi connectivity index (χ2v) is 6.60. The maximum absolute atomic E-state index is 6.31. The molecule has 0 aliphatic carbocycles. The van der Waals surface area contributed by atoms with Gasteiger partial charge in [0.1, 0.15) is 12.0 Å². The Balaban J connectivity index is 1.69. The molecule has 26 heavy (non-hydrogen) atoms. The van der Waals surface area contributed by atoms with Gasteiger partial charge in [0.15, 0.2) is 11.6 Å². The lowest BCUT2D eigenvalue weighted by Crippen LogP contribution is -2.05. The Labute approximate surface area is 159 Å². The molecule has 0 spiro atoms. The van der Waals surface area contributed by atoms with Crippen molar-refractivity contribution < 1.29 is 0 Å². The molecule has 0 fully saturated rings. The van der Waals surface area contributed by atoms with Crippen LogP contribution in [0, 0.1) is 0 Å². The molecule has 0 aliphatic rings. The zero-order chi connectivity index (χ0) is 17.9. The van der Waals surface area contributed by atoms with Crippen molar-refractivity contribution in [2.45, 2.75) is 0 Å². The maximum Gasteiger partial charge on any atom is 0.159 e. The van der Waals surface area contributed by atoms with E-state index in [0.717, 1.165) is 26.6 Å². The number of nitrogens with zero attached hydrogens (tertiary/aromatic N) is 2. The van der Waals surface area contributed by atoms with Gasteiger partial charge in [0.05, 0.1) is 5.69 Å². The third-order valence-electron chi connectivity index (χ3n) is 4.05. The first kappa shape index (κ1) is 16.4. The van der Waals surface area contributed by atoms with Gasteiger partial charge in [0.2, 0.25) is 0 Å². The van der Waals surface area contributed by atoms with Crippen LogP contribution in [0.25, 0.3) is 10.8 Å². The summed E-state index contributed by atoms with van der Waals surface area (Å²) in [6.07, 6.45) is 1.49. The molecular weight excluding hydrogens is 390 g/mol. The molecular formula is C20H16BrN5. The minimum absolute atomic E-state index is 0.455. The van der Waals surface area contributed by atoms with Crippen LogP contribution >= 0.6 is 15.9 Å². The van der Waals surface area contributed by atoms with E-state index in [9.17, 15) is 0 Å². The first-order chi connectivity index (χ1) is 12.7. The molecule has 0 saturated carbocycles. The van der Waals surface area contributed by atoms with Crippen LogP contribution in [-0.2, 0) is 0 Å². The zero-order valence-electron chi connectivity index (χ0n) is 13.8. The molecule has 0 amide bonds. The molecule has 4 aromatic rings. The second-order valence-electron chi connectivity index (χ2n) is 5.74. The van der Waals surface area contributed by atoms with Crippen molar-refractivity contribution in [3.05, 3.63) is 77.5 Å². The summed E-state index contributed by atoms with van der Waals surface area (Å²) in [5, 5.41) is 8.82. The molecule has 128 valence electrons. The van der Waals surface area contributed by atoms with Gasteiger partial charge in [0, 0.05) is 15.5 Å². The predicted octanol–water partition coefficient (Wildman–Crippen LogP) is 5.46. The summed E-state index contributed by atoms with van der Waals surface area (Å²) < 4.78 is 0.932. The SMILES string of the molecule is Nc1c(Nc2ccccc2Br)ncnc1Nc1cccc2ccccc12. The van der Waals surface area contributed by atoms with E-state index in [1.807, 2.05) is 48.5 Å². The van der Waals surface area contributed by atoms with E-state index in [4.69, 9.17) is 5.73 Å². The normalized spacial score (nSPS) is 10.7. The highest BCUT2D eigenvalue weighted by Crippen LogP contribution is 2.32. The van der Waals surface area contributed by atoms with Crippen LogP contribution in [0.2, 0.25) is 0 Å². The molecule has 1 aromatic heterocycles. The highest BCUT2D eigenvalue weighted by Gasteiger charge is 2.11. The van der Waals surface area contributed by atoms with Crippen molar-refractivity contribution in [1.82, 2.24) is 9.97 Å². The molecule has 0 unspecified atom stereocenters. The lowest BCUT2D eigenvalue weighted by Gasteiger charge is -2.14. The first-order valence-corrected chi connectivity index (χ1v) is 8.88. The molecule has 4 N–H and O–H groups in total. The standard InChI is InChI=1S/C20H16BrN5/c21-15-9-3-4-10-17(15)26-20-18(22)19(23-12-24-20)25-16-11-5-7-13-6-1-2-8-14(13)16/h1-12H,22H2,(H2,23,24,25,26). The Hall–Kier alpha value is -3.12. The van der Waals surface area contributed by atoms with Crippen molar-refractivity contribution in [2.75, 3.05) is 16.4 Å². The van der Waals surface area contributed by atoms with E-state index in [0.29, 0.717) is 17.3 Å². The van der Waals surface area contributed by atoms with Crippen LogP contribution in [0.15, 0.2) is 77.5 Å². The molecule has 0 saturated heterocycles. The van der Waals surface area contributed by atoms with Crippen LogP contribution in [0.4, 0.5) is 28.7 Å². The highest BCUT2D eigenvalue weighted by molar-refractivity contribution is 9.10. The number of aromatic nitrogens is 2. The Bertz CT molecular complexity index is 1080. The van der Waals surface area contributed by atoms with Gasteiger partial charge in [-0.25, -0.2) is 9.97 Å². The topological polar surface area (TPSA) is 75.9 Å². The molecule has 0 radical (unpaired) electrons. The van der Waals surface area contributed by atoms with Gasteiger partial charge < -0.3 is 16.4 Å². The summed E-state index contributed by atoms with van der Waals surface area (Å²) >= 11 is 3.52. The number of nitrogens with one attached hydrogen (secondary N) is 2. The second kappa shape index (κ2) is 7.01. The van der Waals surface area contributed by atoms with Crippen molar-refractivity contribution in [2.24, 2.45) is 0 Å². The molecule has 4 rings (SSSR count). The minimum atomic E-state index is 0.455. The minimum Gasteiger partial charge on any atom is -0.393 e. The number of fused-ring (bicyclic) bond motifs is 1. The third kappa shape index (κ3) is 3.19. The summed E-state index contributed by atoms with van der Waals surface area (Å²) in [6, 6.07) is 22.0. The number of anilines is 5. The van der Waals surface area contributed by atoms with Gasteiger partial charge in [-0.15, -0.1) is 0 Å². The number of halogens is 1. The van der Waals surface area contributed by atoms with E-state index in [1.165, 1.54) is 6.33 Å². The molecule has 0 bridgehead atoms. The van der Waals surface area contributed by atoms with Crippen molar-refractivity contribution in [3.8, 4) is 0 Å². The first-order valence-electron chi connectivity index (χ1n) is 8.09. The lowest BCUT2D eigenvalue weighted by atomic mass is 10.1. The monoisotopic (exact) mass is 405 g/mol. The van der Waals surface area contributed by atoms with Crippen LogP contribution in [0.3, 0.4) is 0 Å². The highest BCUT2D eigenvalue weighted by atomic mass is 79.9. The molecule has 5 nitrogen and oxygen atoms in total. The average Bonchev–Trinajstić information content (AvgIpc) is 2.67. The van der Waals surface area contributed by atoms with E-state index in [-0.39, 0.29) is 0 Å². The molecule has 0 atom stereocenters. The number of benzene rings is 3. The van der Waals surface area contributed by atoms with Crippen molar-refractivity contribution in [3.63, 3.8) is 0 Å². The Morgan fingerprint density at radius 2 is 1.35 bits per heavy atom. The fraction of sp³-hybridized carbons (Fsp3) is 0. The van der Waals surface area contributed by atoms with Gasteiger partial charge in [-0.1, -0.05) is 48.5 Å². The van der Waals surface area contributed by atoms with Gasteiger partial charge in [-0.05, 0) is 39.5 Å². The van der Waals surface area contributed by atoms with Crippen LogP contribution < -0.4 is 16.4 Å². The summed E-state index contributed by atoms with van der Waals surface area (Å²) in [5.41, 5.74) is 8.59. The number of hydrogen-bond donors (Lipinski definition) is 3. The van der Waals surface area contributed by atoms with Crippen molar-refractivity contribution in [1.29, 1.82) is 0 Å². The van der Waals surface area contributed by atoms with Gasteiger partial charge in [-0.3, -0.25) is 0 Å². The van der Waals surface area contributed by atoms with Crippen molar-refractivity contribution >= 4 is 55.4 Å². The molecule has 0 aliphatic heterocycles. The van der Waals surface area contributed by atoms with Crippen LogP contribution in [0.1, 0.15) is 0 Å². The Morgan fingerprint density at radius 3 is 2.15 bits per heavy atom. The van der Waals surface area contributed by atoms with Crippen LogP contribution in [-0.4, -0.2) is 9.97 Å². The molecule has 6 heteroatoms. The average molecular weight is 406 g/mol. The van der Waals surface area contributed by atoms with Crippen LogP contribution in [0.5, 0.6) is 0 Å². The number of nitrogen functional groups attached to an aromatic ring is 1. The molecule has 3 aromatic carbocycles. The largest absolute Gasteiger partial charge is 0.393 e. The lowest BCUT2D eigenvalue weighted by molar-refractivity contribution is 1.17. The van der Waals surface area contributed by atoms with E-state index in [1.54, 1.807) is 0 Å². The quantitative estimate of drug-likeness (QED) is 0.420. The predicted molar refractivity (Wildman–Crippen MR) is 111 cm³/mol. The Kier molecular flexibility index (Phi) is 4.41. The summed E-state index contributed by atoms with van der Waals surface area (Å²) in [7, 11) is 0. The summed E-state index contributed by atoms with van der Waals surface area (Å²) in [5.74, 6) is 1.11. The summed E-state index contributed by atoms with van der Waals surface area (Å²) in [4.78, 5) is 8.58. The van der Waals surface area contributed by atoms with E-state index >= 15 is 0 Å². The van der Waals surface area contributed by atoms with Gasteiger partial charge in [0.25, 0.3) is 0 Å². The zero-order valence-corrected chi connectivity index (χ0v) is 15.4. The Morgan fingerprint density at radius 1 is 0.731 bits per heavy atom. The maximum atomic E-state index is 6.31. The summed E-state index contributed by atoms with van der Waals surface area (Å²) in [6.45, 7) is 0. The number of para-hydroxylation sites is 1. The fourth-order valence-corrected chi connectivity index (χ4v) is 3.13. The van der Waals surface area contributed by atoms with E-state index in [2.05, 4.69) is 54.7 Å². The van der Waals surface area contributed by atoms with Gasteiger partial charge >= 0.3 is 0 Å². The van der Waals surface area contributed by atoms with Gasteiger partial charge in [-0.2, -0.15) is 0 Å². The third-order valence-corrected chi connectivity index (χ3v) is 4.75. The number of hydrogen-bond acceptors (Lipinski definition) is 5. The number of nitrogens with two attached hydrogens (primary N) is 1. The molecule has 1 heterocycles. The van der Waals surface area contributed by atoms with E-state index < -0.39 is 0 Å². The fourth-order valence-electron chi connectivity index (χ4n) is 2.75.